The minimum atomic E-state index is -1.30. The quantitative estimate of drug-likeness (QED) is 0.449. The summed E-state index contributed by atoms with van der Waals surface area (Å²) in [6.07, 6.45) is -2.03. The van der Waals surface area contributed by atoms with Gasteiger partial charge in [-0.1, -0.05) is 50.2 Å². The monoisotopic (exact) mass is 524 g/mol. The molecule has 0 spiro atoms. The molecule has 202 valence electrons. The first-order valence-electron chi connectivity index (χ1n) is 12.6. The highest BCUT2D eigenvalue weighted by atomic mass is 16.7. The van der Waals surface area contributed by atoms with E-state index in [0.29, 0.717) is 12.1 Å². The van der Waals surface area contributed by atoms with Crippen LogP contribution in [-0.2, 0) is 28.4 Å². The number of nitrogens with zero attached hydrogens (tertiary/aromatic N) is 1. The third-order valence-corrected chi connectivity index (χ3v) is 6.05. The maximum Gasteiger partial charge on any atom is 0.602 e. The van der Waals surface area contributed by atoms with Gasteiger partial charge in [0.05, 0.1) is 11.8 Å². The largest absolute Gasteiger partial charge is 0.602 e. The molecular formula is C27H33BN2O8. The zero-order valence-corrected chi connectivity index (χ0v) is 22.0. The van der Waals surface area contributed by atoms with Crippen molar-refractivity contribution in [1.82, 2.24) is 10.3 Å². The van der Waals surface area contributed by atoms with Crippen molar-refractivity contribution in [3.8, 4) is 11.3 Å². The molecule has 0 unspecified atom stereocenters. The van der Waals surface area contributed by atoms with E-state index in [-0.39, 0.29) is 18.0 Å². The van der Waals surface area contributed by atoms with E-state index >= 15 is 0 Å². The second kappa shape index (κ2) is 13.3. The zero-order chi connectivity index (χ0) is 27.8. The van der Waals surface area contributed by atoms with E-state index in [4.69, 9.17) is 14.0 Å². The van der Waals surface area contributed by atoms with E-state index in [1.165, 1.54) is 19.9 Å². The molecule has 38 heavy (non-hydrogen) atoms. The molecule has 3 rings (SSSR count). The molecule has 2 aromatic rings. The topological polar surface area (TPSA) is 141 Å². The number of hydrogen-bond acceptors (Lipinski definition) is 9. The molecule has 11 heteroatoms. The smallest absolute Gasteiger partial charge is 0.497 e. The number of aromatic nitrogens is 1. The Morgan fingerprint density at radius 2 is 1.79 bits per heavy atom. The van der Waals surface area contributed by atoms with Crippen molar-refractivity contribution < 1.29 is 38.3 Å². The summed E-state index contributed by atoms with van der Waals surface area (Å²) in [7, 11) is -1.30. The molecule has 10 nitrogen and oxygen atoms in total. The van der Waals surface area contributed by atoms with Gasteiger partial charge in [0.1, 0.15) is 18.3 Å². The Balaban J connectivity index is 1.77. The van der Waals surface area contributed by atoms with Crippen LogP contribution in [0.4, 0.5) is 0 Å². The van der Waals surface area contributed by atoms with Gasteiger partial charge in [-0.05, 0) is 38.3 Å². The second-order valence-corrected chi connectivity index (χ2v) is 9.77. The lowest BCUT2D eigenvalue weighted by Gasteiger charge is -2.28. The van der Waals surface area contributed by atoms with Crippen molar-refractivity contribution in [2.24, 2.45) is 5.92 Å². The minimum absolute atomic E-state index is 0.0637. The number of rotatable bonds is 10. The van der Waals surface area contributed by atoms with Crippen LogP contribution in [0.15, 0.2) is 48.5 Å². The predicted molar refractivity (Wildman–Crippen MR) is 139 cm³/mol. The molecule has 1 aromatic heterocycles. The molecule has 4 atom stereocenters. The van der Waals surface area contributed by atoms with Crippen LogP contribution in [0, 0.1) is 5.92 Å². The van der Waals surface area contributed by atoms with Gasteiger partial charge in [-0.3, -0.25) is 19.2 Å². The summed E-state index contributed by atoms with van der Waals surface area (Å²) in [5.74, 6) is -3.20. The first kappa shape index (κ1) is 29.0. The lowest BCUT2D eigenvalue weighted by molar-refractivity contribution is -0.160. The third kappa shape index (κ3) is 7.96. The Morgan fingerprint density at radius 3 is 2.45 bits per heavy atom. The van der Waals surface area contributed by atoms with E-state index < -0.39 is 61.4 Å². The second-order valence-electron chi connectivity index (χ2n) is 9.77. The fourth-order valence-corrected chi connectivity index (χ4v) is 4.15. The van der Waals surface area contributed by atoms with E-state index in [2.05, 4.69) is 10.3 Å². The Bertz CT molecular complexity index is 1140. The van der Waals surface area contributed by atoms with Gasteiger partial charge >= 0.3 is 19.1 Å². The fraction of sp³-hybridized carbons (Fsp3) is 0.444. The Labute approximate surface area is 222 Å². The molecule has 0 bridgehead atoms. The molecule has 1 aliphatic heterocycles. The van der Waals surface area contributed by atoms with Gasteiger partial charge < -0.3 is 24.5 Å². The van der Waals surface area contributed by atoms with Gasteiger partial charge in [-0.15, -0.1) is 0 Å². The normalized spacial score (nSPS) is 18.5. The summed E-state index contributed by atoms with van der Waals surface area (Å²) in [5, 5.41) is 13.0. The summed E-state index contributed by atoms with van der Waals surface area (Å²) in [6, 6.07) is 13.0. The summed E-state index contributed by atoms with van der Waals surface area (Å²) in [5.41, 5.74) is 1.49. The molecule has 1 fully saturated rings. The maximum atomic E-state index is 13.4. The summed E-state index contributed by atoms with van der Waals surface area (Å²) < 4.78 is 15.8. The van der Waals surface area contributed by atoms with E-state index in [1.54, 1.807) is 12.1 Å². The van der Waals surface area contributed by atoms with Crippen LogP contribution in [0.3, 0.4) is 0 Å². The lowest BCUT2D eigenvalue weighted by atomic mass is 9.64. The maximum absolute atomic E-state index is 13.4. The van der Waals surface area contributed by atoms with Gasteiger partial charge in [-0.2, -0.15) is 0 Å². The van der Waals surface area contributed by atoms with Crippen molar-refractivity contribution in [1.29, 1.82) is 0 Å². The molecule has 1 amide bonds. The lowest BCUT2D eigenvalue weighted by Crippen LogP contribution is -2.49. The van der Waals surface area contributed by atoms with Gasteiger partial charge in [0.25, 0.3) is 5.91 Å². The van der Waals surface area contributed by atoms with Crippen LogP contribution in [0.25, 0.3) is 11.3 Å². The Kier molecular flexibility index (Phi) is 10.1. The number of hydrogen-bond donors (Lipinski definition) is 2. The van der Waals surface area contributed by atoms with Crippen LogP contribution in [-0.4, -0.2) is 65.7 Å². The number of ether oxygens (including phenoxy) is 1. The third-order valence-electron chi connectivity index (χ3n) is 6.05. The van der Waals surface area contributed by atoms with E-state index in [9.17, 15) is 24.3 Å². The van der Waals surface area contributed by atoms with Gasteiger partial charge in [-0.25, -0.2) is 4.98 Å². The molecule has 0 saturated carbocycles. The first-order chi connectivity index (χ1) is 18.0. The highest BCUT2D eigenvalue weighted by molar-refractivity contribution is 6.51. The summed E-state index contributed by atoms with van der Waals surface area (Å²) >= 11 is 0. The number of carbonyl (C=O) groups excluding carboxylic acids is 4. The average molecular weight is 524 g/mol. The first-order valence-corrected chi connectivity index (χ1v) is 12.6. The van der Waals surface area contributed by atoms with E-state index in [0.717, 1.165) is 5.56 Å². The van der Waals surface area contributed by atoms with Crippen molar-refractivity contribution in [2.45, 2.75) is 64.6 Å². The average Bonchev–Trinajstić information content (AvgIpc) is 2.88. The minimum Gasteiger partial charge on any atom is -0.497 e. The Morgan fingerprint density at radius 1 is 1.08 bits per heavy atom. The van der Waals surface area contributed by atoms with Gasteiger partial charge in [0.15, 0.2) is 11.9 Å². The number of Topliss-reactive ketones (excluding diaryl/α,β-unsaturated/α-hetero) is 1. The highest BCUT2D eigenvalue weighted by Crippen LogP contribution is 2.29. The number of nitrogens with one attached hydrogen (secondary N) is 1. The fourth-order valence-electron chi connectivity index (χ4n) is 4.15. The van der Waals surface area contributed by atoms with Crippen LogP contribution < -0.4 is 5.32 Å². The van der Waals surface area contributed by atoms with Crippen molar-refractivity contribution in [3.63, 3.8) is 0 Å². The molecular weight excluding hydrogens is 491 g/mol. The number of ketones is 1. The molecule has 1 aliphatic rings. The van der Waals surface area contributed by atoms with Crippen LogP contribution in [0.5, 0.6) is 0 Å². The van der Waals surface area contributed by atoms with Crippen molar-refractivity contribution in [3.05, 3.63) is 54.2 Å². The molecule has 0 aliphatic carbocycles. The highest BCUT2D eigenvalue weighted by Gasteiger charge is 2.43. The van der Waals surface area contributed by atoms with E-state index in [1.807, 2.05) is 44.2 Å². The zero-order valence-electron chi connectivity index (χ0n) is 22.0. The van der Waals surface area contributed by atoms with Crippen LogP contribution >= 0.6 is 0 Å². The molecule has 2 heterocycles. The number of benzene rings is 1. The van der Waals surface area contributed by atoms with Crippen molar-refractivity contribution >= 4 is 30.7 Å². The van der Waals surface area contributed by atoms with Gasteiger partial charge in [0.2, 0.25) is 0 Å². The molecule has 1 aromatic carbocycles. The predicted octanol–water partition coefficient (Wildman–Crippen LogP) is 2.60. The van der Waals surface area contributed by atoms with Crippen LogP contribution in [0.2, 0.25) is 5.82 Å². The standard InChI is InChI=1S/C27H33BN2O8/c1-16(2)13-20(28-37-24(33)15-36-18(4)27(35)38-28)14-23(32)25(17(3)31)30-26(34)22-12-8-11-21(29-22)19-9-6-5-7-10-19/h5-12,16-18,20,25,31H,13-15H2,1-4H3,(H,30,34)/t17-,18+,20-,25+/m1/s1. The number of carbonyl (C=O) groups is 4. The number of aliphatic hydroxyl groups excluding tert-OH is 1. The van der Waals surface area contributed by atoms with Gasteiger partial charge in [0, 0.05) is 17.8 Å². The number of amides is 1. The molecule has 1 saturated heterocycles. The number of aliphatic hydroxyl groups is 1. The SMILES string of the molecule is CC(C)C[C@H](CC(=O)[C@@H](NC(=O)c1cccc(-c2ccccc2)n1)[C@@H](C)O)B1OC(=O)CO[C@@H](C)C(=O)O1. The van der Waals surface area contributed by atoms with Crippen LogP contribution in [0.1, 0.15) is 51.0 Å². The summed E-state index contributed by atoms with van der Waals surface area (Å²) in [4.78, 5) is 55.2. The Hall–Kier alpha value is -3.57. The molecule has 0 radical (unpaired) electrons. The van der Waals surface area contributed by atoms with Crippen molar-refractivity contribution in [2.75, 3.05) is 6.61 Å². The summed E-state index contributed by atoms with van der Waals surface area (Å²) in [6.45, 7) is 6.25. The number of pyridine rings is 1. The molecule has 2 N–H and O–H groups in total.